The predicted octanol–water partition coefficient (Wildman–Crippen LogP) is 24.0. The summed E-state index contributed by atoms with van der Waals surface area (Å²) in [6.07, 6.45) is 30.1. The Bertz CT molecular complexity index is 3860. The fourth-order valence-corrected chi connectivity index (χ4v) is 16.9. The van der Waals surface area contributed by atoms with Gasteiger partial charge in [-0.15, -0.1) is 68.0 Å². The molecule has 0 radical (unpaired) electrons. The van der Waals surface area contributed by atoms with Crippen molar-refractivity contribution in [3.05, 3.63) is 209 Å². The molecule has 0 amide bonds. The summed E-state index contributed by atoms with van der Waals surface area (Å²) in [5, 5.41) is 9.33. The molecule has 0 atom stereocenters. The van der Waals surface area contributed by atoms with Crippen molar-refractivity contribution in [2.75, 3.05) is 0 Å². The Balaban J connectivity index is 0.822. The van der Waals surface area contributed by atoms with E-state index in [1.54, 1.807) is 22.7 Å². The normalized spacial score (nSPS) is 12.2. The van der Waals surface area contributed by atoms with Gasteiger partial charge in [-0.05, 0) is 164 Å². The molecule has 12 aromatic rings. The Hall–Kier alpha value is -6.40. The molecular weight excluding hydrogens is 1090 g/mol. The van der Waals surface area contributed by atoms with Crippen LogP contribution in [0.1, 0.15) is 118 Å². The lowest BCUT2D eigenvalue weighted by Crippen LogP contribution is -1.86. The van der Waals surface area contributed by atoms with E-state index in [0.717, 1.165) is 23.9 Å². The van der Waals surface area contributed by atoms with Crippen LogP contribution in [0.4, 0.5) is 0 Å². The number of hydrogen-bond donors (Lipinski definition) is 0. The quantitative estimate of drug-likeness (QED) is 0.0632. The van der Waals surface area contributed by atoms with Crippen LogP contribution in [-0.2, 0) is 12.8 Å². The van der Waals surface area contributed by atoms with Crippen LogP contribution in [0.25, 0.3) is 122 Å². The predicted molar refractivity (Wildman–Crippen MR) is 359 cm³/mol. The minimum Gasteiger partial charge on any atom is -0.172 e. The molecule has 12 rings (SSSR count). The summed E-state index contributed by atoms with van der Waals surface area (Å²) in [6, 6.07) is 54.0. The Morgan fingerprint density at radius 3 is 1.14 bits per heavy atom. The van der Waals surface area contributed by atoms with Crippen molar-refractivity contribution in [1.29, 1.82) is 0 Å². The lowest BCUT2D eigenvalue weighted by atomic mass is 9.99. The highest BCUT2D eigenvalue weighted by Crippen LogP contribution is 2.48. The van der Waals surface area contributed by atoms with Gasteiger partial charge in [-0.3, -0.25) is 0 Å². The number of aromatic nitrogens is 2. The summed E-state index contributed by atoms with van der Waals surface area (Å²) in [7, 11) is 0. The van der Waals surface area contributed by atoms with E-state index < -0.39 is 0 Å². The highest BCUT2D eigenvalue weighted by atomic mass is 32.1. The van der Waals surface area contributed by atoms with Crippen LogP contribution in [0.15, 0.2) is 156 Å². The van der Waals surface area contributed by atoms with Gasteiger partial charge in [-0.1, -0.05) is 174 Å². The fourth-order valence-electron chi connectivity index (χ4n) is 10.5. The van der Waals surface area contributed by atoms with Gasteiger partial charge in [0.15, 0.2) is 0 Å². The molecule has 0 unspecified atom stereocenters. The monoisotopic (exact) mass is 1150 g/mol. The van der Waals surface area contributed by atoms with Crippen molar-refractivity contribution < 1.29 is 0 Å². The molecule has 7 heterocycles. The van der Waals surface area contributed by atoms with E-state index in [1.807, 2.05) is 45.3 Å². The molecule has 0 aliphatic heterocycles. The van der Waals surface area contributed by atoms with Gasteiger partial charge in [0, 0.05) is 59.9 Å². The average Bonchev–Trinajstić information content (AvgIpc) is 4.38. The molecule has 2 nitrogen and oxygen atoms in total. The van der Waals surface area contributed by atoms with Crippen molar-refractivity contribution in [1.82, 2.24) is 8.75 Å². The molecule has 9 heteroatoms. The number of aryl methyl sites for hydroxylation is 2. The van der Waals surface area contributed by atoms with E-state index >= 15 is 0 Å². The zero-order chi connectivity index (χ0) is 53.3. The minimum atomic E-state index is 1.00. The summed E-state index contributed by atoms with van der Waals surface area (Å²) in [4.78, 5) is 13.0. The van der Waals surface area contributed by atoms with Gasteiger partial charge in [0.1, 0.15) is 11.0 Å². The Morgan fingerprint density at radius 1 is 0.354 bits per heavy atom. The second-order valence-electron chi connectivity index (χ2n) is 20.0. The summed E-state index contributed by atoms with van der Waals surface area (Å²) in [5.74, 6) is 0. The number of rotatable bonds is 22. The van der Waals surface area contributed by atoms with Gasteiger partial charge < -0.3 is 0 Å². The van der Waals surface area contributed by atoms with Gasteiger partial charge >= 0.3 is 0 Å². The largest absolute Gasteiger partial charge is 0.172 e. The Morgan fingerprint density at radius 2 is 0.759 bits per heavy atom. The van der Waals surface area contributed by atoms with Crippen LogP contribution in [-0.4, -0.2) is 8.75 Å². The maximum absolute atomic E-state index is 5.06. The first kappa shape index (κ1) is 53.3. The molecule has 5 aromatic carbocycles. The third-order valence-electron chi connectivity index (χ3n) is 14.6. The van der Waals surface area contributed by atoms with Crippen LogP contribution >= 0.6 is 79.7 Å². The first-order valence-electron chi connectivity index (χ1n) is 27.6. The topological polar surface area (TPSA) is 25.8 Å². The first-order chi connectivity index (χ1) is 39.1. The van der Waals surface area contributed by atoms with Crippen LogP contribution < -0.4 is 0 Å². The molecule has 0 bridgehead atoms. The third-order valence-corrected chi connectivity index (χ3v) is 21.7. The van der Waals surface area contributed by atoms with Crippen LogP contribution in [0, 0.1) is 0 Å². The zero-order valence-electron chi connectivity index (χ0n) is 44.5. The number of hydrogen-bond acceptors (Lipinski definition) is 9. The van der Waals surface area contributed by atoms with Crippen LogP contribution in [0.5, 0.6) is 0 Å². The fraction of sp³-hybridized carbons (Fsp3) is 0.171. The molecule has 0 saturated heterocycles. The van der Waals surface area contributed by atoms with Crippen molar-refractivity contribution in [3.8, 4) is 40.4 Å². The van der Waals surface area contributed by atoms with E-state index in [0.29, 0.717) is 0 Å². The molecule has 7 aromatic heterocycles. The van der Waals surface area contributed by atoms with Crippen molar-refractivity contribution >= 4 is 161 Å². The summed E-state index contributed by atoms with van der Waals surface area (Å²) in [6.45, 7) is 4.59. The molecule has 392 valence electrons. The van der Waals surface area contributed by atoms with Crippen molar-refractivity contribution in [3.63, 3.8) is 0 Å². The Labute approximate surface area is 493 Å². The highest BCUT2D eigenvalue weighted by molar-refractivity contribution is 7.25. The smallest absolute Gasteiger partial charge is 0.114 e. The highest BCUT2D eigenvalue weighted by Gasteiger charge is 2.22. The number of thiophene rings is 6. The van der Waals surface area contributed by atoms with Crippen molar-refractivity contribution in [2.24, 2.45) is 0 Å². The molecule has 0 spiro atoms. The van der Waals surface area contributed by atoms with Gasteiger partial charge in [0.05, 0.1) is 11.7 Å². The van der Waals surface area contributed by atoms with E-state index in [4.69, 9.17) is 8.75 Å². The van der Waals surface area contributed by atoms with Gasteiger partial charge in [0.25, 0.3) is 0 Å². The number of benzene rings is 5. The van der Waals surface area contributed by atoms with Gasteiger partial charge in [-0.2, -0.15) is 8.75 Å². The minimum absolute atomic E-state index is 1.00. The molecule has 0 fully saturated rings. The standard InChI is InChI=1S/C70H60N2S7/c1-3-5-7-9-17-51-45-65(77-69(51)63-41-37-55(75-63)35-31-49-27-25-47(29-33-53-19-15-43-73-53)57-21-11-13-23-59(49)57)61-39-40-62(68-67(61)71-79-72-68)66-46-52(18-10-8-6-4-2)70(78-66)64-42-38-56(76-64)36-32-50-28-26-48(30-34-54-20-16-44-74-54)58-22-12-14-24-60(50)58/h11-16,19-46H,3-10,17-18H2,1-2H3/b33-29+,34-30+,35-31+,36-32+. The maximum Gasteiger partial charge on any atom is 0.114 e. The Kier molecular flexibility index (Phi) is 17.1. The maximum atomic E-state index is 5.06. The number of nitrogens with zero attached hydrogens (tertiary/aromatic N) is 2. The van der Waals surface area contributed by atoms with Gasteiger partial charge in [0.2, 0.25) is 0 Å². The lowest BCUT2D eigenvalue weighted by molar-refractivity contribution is 0.668. The van der Waals surface area contributed by atoms with E-state index in [2.05, 4.69) is 219 Å². The lowest BCUT2D eigenvalue weighted by Gasteiger charge is -2.06. The van der Waals surface area contributed by atoms with E-state index in [9.17, 15) is 0 Å². The third kappa shape index (κ3) is 12.2. The van der Waals surface area contributed by atoms with Crippen LogP contribution in [0.2, 0.25) is 0 Å². The second kappa shape index (κ2) is 25.4. The van der Waals surface area contributed by atoms with E-state index in [1.165, 1.54) is 178 Å². The molecule has 0 saturated carbocycles. The molecule has 0 aliphatic rings. The number of unbranched alkanes of at least 4 members (excludes halogenated alkanes) is 6. The first-order valence-corrected chi connectivity index (χ1v) is 33.4. The molecule has 79 heavy (non-hydrogen) atoms. The number of fused-ring (bicyclic) bond motifs is 3. The average molecular weight is 1150 g/mol. The second-order valence-corrected chi connectivity index (χ2v) is 26.8. The van der Waals surface area contributed by atoms with Crippen molar-refractivity contribution in [2.45, 2.75) is 78.1 Å². The zero-order valence-corrected chi connectivity index (χ0v) is 50.2. The summed E-state index contributed by atoms with van der Waals surface area (Å²) >= 11 is 12.5. The summed E-state index contributed by atoms with van der Waals surface area (Å²) < 4.78 is 10.1. The molecular formula is C70H60N2S7. The SMILES string of the molecule is CCCCCCc1cc(-c2ccc(-c3cc(CCCCCC)c(-c4ccc(/C=C/c5ccc(/C=C/c6cccs6)c6ccccc56)s4)s3)c3nsnc23)sc1-c1ccc(/C=C/c2ccc(/C=C/c3cccs3)c3ccccc23)s1. The van der Waals surface area contributed by atoms with Crippen LogP contribution in [0.3, 0.4) is 0 Å². The van der Waals surface area contributed by atoms with Gasteiger partial charge in [-0.25, -0.2) is 0 Å². The summed E-state index contributed by atoms with van der Waals surface area (Å²) in [5.41, 5.74) is 12.2. The molecule has 0 aliphatic carbocycles. The van der Waals surface area contributed by atoms with E-state index in [-0.39, 0.29) is 0 Å². The molecule has 0 N–H and O–H groups in total.